The maximum Gasteiger partial charge on any atom is 0.283 e. The van der Waals surface area contributed by atoms with Crippen molar-refractivity contribution in [2.45, 2.75) is 25.9 Å². The van der Waals surface area contributed by atoms with Crippen LogP contribution in [0.5, 0.6) is 0 Å². The molecule has 0 aliphatic carbocycles. The summed E-state index contributed by atoms with van der Waals surface area (Å²) in [5, 5.41) is 4.34. The number of carbonyl (C=O) groups is 1. The van der Waals surface area contributed by atoms with Gasteiger partial charge in [0.15, 0.2) is 5.16 Å². The Bertz CT molecular complexity index is 1600. The summed E-state index contributed by atoms with van der Waals surface area (Å²) in [4.78, 5) is 34.5. The topological polar surface area (TPSA) is 79.8 Å². The molecule has 7 heteroatoms. The normalized spacial score (nSPS) is 11.3. The Morgan fingerprint density at radius 1 is 1.00 bits per heavy atom. The molecule has 0 spiro atoms. The van der Waals surface area contributed by atoms with Gasteiger partial charge < -0.3 is 10.3 Å². The Hall–Kier alpha value is -3.84. The molecule has 5 aromatic rings. The first-order chi connectivity index (χ1) is 16.4. The third kappa shape index (κ3) is 4.10. The van der Waals surface area contributed by atoms with Crippen LogP contribution in [0.1, 0.15) is 16.7 Å². The molecule has 0 fully saturated rings. The van der Waals surface area contributed by atoms with Gasteiger partial charge in [0, 0.05) is 16.6 Å². The zero-order valence-corrected chi connectivity index (χ0v) is 20.0. The predicted octanol–water partition coefficient (Wildman–Crippen LogP) is 5.52. The third-order valence-corrected chi connectivity index (χ3v) is 6.72. The Kier molecular flexibility index (Phi) is 5.71. The number of nitrogens with zero attached hydrogens (tertiary/aromatic N) is 2. The van der Waals surface area contributed by atoms with E-state index in [4.69, 9.17) is 4.98 Å². The van der Waals surface area contributed by atoms with Crippen LogP contribution in [0, 0.1) is 20.8 Å². The molecule has 0 aliphatic rings. The van der Waals surface area contributed by atoms with Crippen LogP contribution in [0.4, 0.5) is 5.69 Å². The van der Waals surface area contributed by atoms with Crippen molar-refractivity contribution in [2.24, 2.45) is 0 Å². The van der Waals surface area contributed by atoms with E-state index in [2.05, 4.69) is 10.3 Å². The molecule has 2 N–H and O–H groups in total. The number of aromatic amines is 1. The second kappa shape index (κ2) is 8.83. The van der Waals surface area contributed by atoms with Crippen molar-refractivity contribution >= 4 is 45.3 Å². The number of para-hydroxylation sites is 1. The van der Waals surface area contributed by atoms with E-state index in [1.54, 1.807) is 4.57 Å². The molecule has 0 atom stereocenters. The summed E-state index contributed by atoms with van der Waals surface area (Å²) in [5.41, 5.74) is 6.40. The number of anilines is 1. The summed E-state index contributed by atoms with van der Waals surface area (Å²) in [6, 6.07) is 21.4. The van der Waals surface area contributed by atoms with Gasteiger partial charge in [-0.3, -0.25) is 14.2 Å². The number of benzene rings is 3. The van der Waals surface area contributed by atoms with Crippen molar-refractivity contribution in [2.75, 3.05) is 11.1 Å². The van der Waals surface area contributed by atoms with Gasteiger partial charge >= 0.3 is 0 Å². The minimum Gasteiger partial charge on any atom is -0.349 e. The van der Waals surface area contributed by atoms with Gasteiger partial charge in [0.1, 0.15) is 11.0 Å². The summed E-state index contributed by atoms with van der Waals surface area (Å²) in [7, 11) is 0. The molecule has 2 heterocycles. The molecule has 5 rings (SSSR count). The zero-order valence-electron chi connectivity index (χ0n) is 19.2. The molecule has 0 radical (unpaired) electrons. The first kappa shape index (κ1) is 22.0. The Labute approximate surface area is 201 Å². The highest BCUT2D eigenvalue weighted by atomic mass is 32.2. The average molecular weight is 469 g/mol. The number of rotatable bonds is 5. The second-order valence-electron chi connectivity index (χ2n) is 8.42. The van der Waals surface area contributed by atoms with Crippen LogP contribution in [0.25, 0.3) is 27.6 Å². The molecule has 0 saturated carbocycles. The number of aryl methyl sites for hydroxylation is 3. The molecular weight excluding hydrogens is 444 g/mol. The average Bonchev–Trinajstić information content (AvgIpc) is 3.20. The van der Waals surface area contributed by atoms with Gasteiger partial charge in [0.25, 0.3) is 5.56 Å². The van der Waals surface area contributed by atoms with Gasteiger partial charge in [0.05, 0.1) is 11.4 Å². The van der Waals surface area contributed by atoms with Crippen LogP contribution in [0.15, 0.2) is 76.7 Å². The SMILES string of the molecule is Cc1ccc(-n2c(SCC(=O)Nc3cc(C)ccc3C)nc3c([nH]c4ccccc43)c2=O)cc1. The van der Waals surface area contributed by atoms with E-state index in [1.165, 1.54) is 11.8 Å². The van der Waals surface area contributed by atoms with Gasteiger partial charge in [0.2, 0.25) is 5.91 Å². The largest absolute Gasteiger partial charge is 0.349 e. The molecule has 2 aromatic heterocycles. The summed E-state index contributed by atoms with van der Waals surface area (Å²) >= 11 is 1.25. The number of thioether (sulfide) groups is 1. The molecule has 1 amide bonds. The van der Waals surface area contributed by atoms with E-state index >= 15 is 0 Å². The summed E-state index contributed by atoms with van der Waals surface area (Å²) < 4.78 is 1.58. The maximum absolute atomic E-state index is 13.6. The van der Waals surface area contributed by atoms with Crippen LogP contribution >= 0.6 is 11.8 Å². The molecule has 0 unspecified atom stereocenters. The molecule has 3 aromatic carbocycles. The quantitative estimate of drug-likeness (QED) is 0.263. The summed E-state index contributed by atoms with van der Waals surface area (Å²) in [5.74, 6) is -0.0260. The number of nitrogens with one attached hydrogen (secondary N) is 2. The van der Waals surface area contributed by atoms with Crippen molar-refractivity contribution in [3.8, 4) is 5.69 Å². The number of aromatic nitrogens is 3. The Balaban J connectivity index is 1.55. The molecule has 0 saturated heterocycles. The van der Waals surface area contributed by atoms with E-state index in [1.807, 2.05) is 87.5 Å². The minimum absolute atomic E-state index is 0.125. The standard InChI is InChI=1S/C27H24N4O2S/c1-16-9-12-19(13-10-16)31-26(33)25-24(20-6-4-5-7-21(20)29-25)30-27(31)34-15-23(32)28-22-14-17(2)8-11-18(22)3/h4-14,29H,15H2,1-3H3,(H,28,32). The van der Waals surface area contributed by atoms with Gasteiger partial charge in [-0.25, -0.2) is 4.98 Å². The molecule has 170 valence electrons. The van der Waals surface area contributed by atoms with Crippen molar-refractivity contribution in [3.63, 3.8) is 0 Å². The second-order valence-corrected chi connectivity index (χ2v) is 9.36. The first-order valence-corrected chi connectivity index (χ1v) is 12.0. The number of fused-ring (bicyclic) bond motifs is 3. The fourth-order valence-corrected chi connectivity index (χ4v) is 4.75. The summed E-state index contributed by atoms with van der Waals surface area (Å²) in [6.45, 7) is 5.95. The molecule has 6 nitrogen and oxygen atoms in total. The predicted molar refractivity (Wildman–Crippen MR) is 139 cm³/mol. The van der Waals surface area contributed by atoms with Crippen LogP contribution in [-0.4, -0.2) is 26.2 Å². The molecule has 0 aliphatic heterocycles. The van der Waals surface area contributed by atoms with Crippen molar-refractivity contribution < 1.29 is 4.79 Å². The number of H-pyrrole nitrogens is 1. The Morgan fingerprint density at radius 3 is 2.53 bits per heavy atom. The van der Waals surface area contributed by atoms with Crippen LogP contribution < -0.4 is 10.9 Å². The fraction of sp³-hybridized carbons (Fsp3) is 0.148. The lowest BCUT2D eigenvalue weighted by Crippen LogP contribution is -2.23. The van der Waals surface area contributed by atoms with E-state index in [-0.39, 0.29) is 17.2 Å². The number of carbonyl (C=O) groups excluding carboxylic acids is 1. The van der Waals surface area contributed by atoms with E-state index in [0.29, 0.717) is 21.9 Å². The number of amides is 1. The fourth-order valence-electron chi connectivity index (χ4n) is 3.95. The highest BCUT2D eigenvalue weighted by Gasteiger charge is 2.18. The van der Waals surface area contributed by atoms with Crippen molar-refractivity contribution in [1.82, 2.24) is 14.5 Å². The van der Waals surface area contributed by atoms with Crippen molar-refractivity contribution in [1.29, 1.82) is 0 Å². The lowest BCUT2D eigenvalue weighted by Gasteiger charge is -2.13. The zero-order chi connectivity index (χ0) is 23.8. The first-order valence-electron chi connectivity index (χ1n) is 11.0. The number of hydrogen-bond acceptors (Lipinski definition) is 4. The Morgan fingerprint density at radius 2 is 1.74 bits per heavy atom. The summed E-state index contributed by atoms with van der Waals surface area (Å²) in [6.07, 6.45) is 0. The van der Waals surface area contributed by atoms with E-state index in [0.717, 1.165) is 33.3 Å². The van der Waals surface area contributed by atoms with Crippen LogP contribution in [0.3, 0.4) is 0 Å². The highest BCUT2D eigenvalue weighted by molar-refractivity contribution is 7.99. The van der Waals surface area contributed by atoms with Gasteiger partial charge in [-0.1, -0.05) is 59.8 Å². The molecule has 0 bridgehead atoms. The molecule has 34 heavy (non-hydrogen) atoms. The van der Waals surface area contributed by atoms with E-state index in [9.17, 15) is 9.59 Å². The van der Waals surface area contributed by atoms with E-state index < -0.39 is 0 Å². The number of hydrogen-bond donors (Lipinski definition) is 2. The van der Waals surface area contributed by atoms with Gasteiger partial charge in [-0.15, -0.1) is 0 Å². The third-order valence-electron chi connectivity index (χ3n) is 5.79. The lowest BCUT2D eigenvalue weighted by molar-refractivity contribution is -0.113. The smallest absolute Gasteiger partial charge is 0.283 e. The molecular formula is C27H24N4O2S. The highest BCUT2D eigenvalue weighted by Crippen LogP contribution is 2.27. The minimum atomic E-state index is -0.192. The maximum atomic E-state index is 13.6. The monoisotopic (exact) mass is 468 g/mol. The van der Waals surface area contributed by atoms with Crippen molar-refractivity contribution in [3.05, 3.63) is 93.8 Å². The van der Waals surface area contributed by atoms with Gasteiger partial charge in [-0.2, -0.15) is 0 Å². The van der Waals surface area contributed by atoms with Crippen LogP contribution in [-0.2, 0) is 4.79 Å². The van der Waals surface area contributed by atoms with Gasteiger partial charge in [-0.05, 0) is 56.2 Å². The lowest BCUT2D eigenvalue weighted by atomic mass is 10.1. The van der Waals surface area contributed by atoms with Crippen LogP contribution in [0.2, 0.25) is 0 Å².